The summed E-state index contributed by atoms with van der Waals surface area (Å²) < 4.78 is 14.6. The molecule has 33 heavy (non-hydrogen) atoms. The Kier molecular flexibility index (Phi) is 3.62. The molecular weight excluding hydrogens is 410 g/mol. The van der Waals surface area contributed by atoms with E-state index in [0.717, 1.165) is 72.1 Å². The molecule has 0 saturated heterocycles. The Morgan fingerprint density at radius 1 is 0.697 bits per heavy atom. The lowest BCUT2D eigenvalue weighted by molar-refractivity contribution is 0.665. The minimum atomic E-state index is 0.737. The maximum absolute atomic E-state index is 6.27. The first kappa shape index (κ1) is 18.2. The summed E-state index contributed by atoms with van der Waals surface area (Å²) in [7, 11) is 0. The maximum atomic E-state index is 6.27. The summed E-state index contributed by atoms with van der Waals surface area (Å²) in [6.45, 7) is 4.22. The highest BCUT2D eigenvalue weighted by molar-refractivity contribution is 6.09. The summed E-state index contributed by atoms with van der Waals surface area (Å²) in [4.78, 5) is 0. The van der Waals surface area contributed by atoms with E-state index in [1.54, 1.807) is 6.33 Å². The molecule has 7 rings (SSSR count). The van der Waals surface area contributed by atoms with Crippen molar-refractivity contribution < 1.29 is 8.83 Å². The van der Waals surface area contributed by atoms with Crippen molar-refractivity contribution in [2.45, 2.75) is 13.8 Å². The van der Waals surface area contributed by atoms with E-state index in [1.807, 2.05) is 53.1 Å². The Morgan fingerprint density at radius 3 is 2.15 bits per heavy atom. The molecule has 0 unspecified atom stereocenters. The average molecular weight is 429 g/mol. The van der Waals surface area contributed by atoms with E-state index < -0.39 is 0 Å². The molecule has 3 aromatic heterocycles. The zero-order valence-electron chi connectivity index (χ0n) is 18.2. The van der Waals surface area contributed by atoms with Crippen LogP contribution >= 0.6 is 0 Å². The first-order chi connectivity index (χ1) is 16.2. The molecule has 5 heteroatoms. The van der Waals surface area contributed by atoms with Crippen LogP contribution in [-0.4, -0.2) is 14.8 Å². The lowest BCUT2D eigenvalue weighted by Crippen LogP contribution is -2.02. The van der Waals surface area contributed by atoms with Gasteiger partial charge in [0.05, 0.1) is 11.3 Å². The molecule has 0 radical (unpaired) electrons. The summed E-state index contributed by atoms with van der Waals surface area (Å²) >= 11 is 0. The van der Waals surface area contributed by atoms with Crippen LogP contribution in [0.3, 0.4) is 0 Å². The monoisotopic (exact) mass is 429 g/mol. The van der Waals surface area contributed by atoms with Gasteiger partial charge in [0, 0.05) is 27.1 Å². The second-order valence-corrected chi connectivity index (χ2v) is 8.45. The van der Waals surface area contributed by atoms with Crippen molar-refractivity contribution in [3.05, 3.63) is 90.3 Å². The van der Waals surface area contributed by atoms with E-state index in [2.05, 4.69) is 48.3 Å². The normalized spacial score (nSPS) is 11.9. The van der Waals surface area contributed by atoms with Crippen LogP contribution in [0, 0.1) is 13.8 Å². The zero-order chi connectivity index (χ0) is 22.1. The summed E-state index contributed by atoms with van der Waals surface area (Å²) in [6, 6.07) is 24.6. The first-order valence-electron chi connectivity index (χ1n) is 10.9. The van der Waals surface area contributed by atoms with Gasteiger partial charge in [-0.15, -0.1) is 10.2 Å². The Bertz CT molecular complexity index is 1850. The number of benzene rings is 4. The number of hydrogen-bond donors (Lipinski definition) is 0. The molecule has 0 N–H and O–H groups in total. The highest BCUT2D eigenvalue weighted by atomic mass is 16.3. The van der Waals surface area contributed by atoms with Crippen LogP contribution in [0.5, 0.6) is 0 Å². The third-order valence-electron chi connectivity index (χ3n) is 6.50. The van der Waals surface area contributed by atoms with Gasteiger partial charge >= 0.3 is 0 Å². The molecule has 0 saturated carbocycles. The van der Waals surface area contributed by atoms with Gasteiger partial charge in [0.1, 0.15) is 28.7 Å². The standard InChI is InChI=1S/C28H19N3O2/c1-16-14-22-19-9-4-6-13-24(19)32-26(22)17(2)25(16)31-15-29-30-28(31)21-11-7-10-20-18-8-3-5-12-23(18)33-27(20)21/h3-15H,1-2H3. The quantitative estimate of drug-likeness (QED) is 0.288. The Labute approximate surface area is 188 Å². The average Bonchev–Trinajstić information content (AvgIpc) is 3.55. The molecule has 3 heterocycles. The number of aryl methyl sites for hydroxylation is 2. The number of fused-ring (bicyclic) bond motifs is 6. The molecule has 0 amide bonds. The van der Waals surface area contributed by atoms with Gasteiger partial charge in [0.15, 0.2) is 5.82 Å². The smallest absolute Gasteiger partial charge is 0.172 e. The second-order valence-electron chi connectivity index (χ2n) is 8.45. The van der Waals surface area contributed by atoms with E-state index in [-0.39, 0.29) is 0 Å². The largest absolute Gasteiger partial charge is 0.456 e. The number of hydrogen-bond acceptors (Lipinski definition) is 4. The summed E-state index contributed by atoms with van der Waals surface area (Å²) in [5.41, 5.74) is 7.57. The number of aromatic nitrogens is 3. The fourth-order valence-electron chi connectivity index (χ4n) is 5.05. The number of furan rings is 2. The van der Waals surface area contributed by atoms with Crippen LogP contribution in [0.25, 0.3) is 61.0 Å². The Balaban J connectivity index is 1.51. The van der Waals surface area contributed by atoms with Gasteiger partial charge in [-0.2, -0.15) is 0 Å². The van der Waals surface area contributed by atoms with Crippen molar-refractivity contribution in [1.82, 2.24) is 14.8 Å². The molecule has 0 fully saturated rings. The van der Waals surface area contributed by atoms with Crippen molar-refractivity contribution in [2.24, 2.45) is 0 Å². The van der Waals surface area contributed by atoms with Crippen LogP contribution in [-0.2, 0) is 0 Å². The molecule has 7 aromatic rings. The van der Waals surface area contributed by atoms with E-state index in [1.165, 1.54) is 0 Å². The maximum Gasteiger partial charge on any atom is 0.172 e. The van der Waals surface area contributed by atoms with Gasteiger partial charge in [-0.05, 0) is 43.7 Å². The van der Waals surface area contributed by atoms with Crippen molar-refractivity contribution in [3.8, 4) is 17.1 Å². The van der Waals surface area contributed by atoms with Gasteiger partial charge in [-0.1, -0.05) is 48.5 Å². The van der Waals surface area contributed by atoms with Crippen LogP contribution in [0.2, 0.25) is 0 Å². The van der Waals surface area contributed by atoms with E-state index >= 15 is 0 Å². The molecule has 0 atom stereocenters. The number of para-hydroxylation sites is 3. The SMILES string of the molecule is Cc1cc2c(oc3ccccc32)c(C)c1-n1cnnc1-c1cccc2c1oc1ccccc12. The van der Waals surface area contributed by atoms with E-state index in [0.29, 0.717) is 0 Å². The first-order valence-corrected chi connectivity index (χ1v) is 10.9. The molecule has 0 spiro atoms. The minimum absolute atomic E-state index is 0.737. The molecule has 0 aliphatic carbocycles. The van der Waals surface area contributed by atoms with Crippen LogP contribution in [0.4, 0.5) is 0 Å². The van der Waals surface area contributed by atoms with Gasteiger partial charge < -0.3 is 8.83 Å². The molecule has 5 nitrogen and oxygen atoms in total. The van der Waals surface area contributed by atoms with Crippen LogP contribution < -0.4 is 0 Å². The fraction of sp³-hybridized carbons (Fsp3) is 0.0714. The topological polar surface area (TPSA) is 57.0 Å². The molecule has 0 bridgehead atoms. The highest BCUT2D eigenvalue weighted by Gasteiger charge is 2.21. The number of nitrogens with zero attached hydrogens (tertiary/aromatic N) is 3. The van der Waals surface area contributed by atoms with Gasteiger partial charge in [-0.3, -0.25) is 4.57 Å². The number of rotatable bonds is 2. The third-order valence-corrected chi connectivity index (χ3v) is 6.50. The molecule has 4 aromatic carbocycles. The summed E-state index contributed by atoms with van der Waals surface area (Å²) in [5.74, 6) is 0.737. The summed E-state index contributed by atoms with van der Waals surface area (Å²) in [6.07, 6.45) is 1.76. The minimum Gasteiger partial charge on any atom is -0.456 e. The Morgan fingerprint density at radius 2 is 1.36 bits per heavy atom. The third kappa shape index (κ3) is 2.47. The lowest BCUT2D eigenvalue weighted by atomic mass is 10.0. The van der Waals surface area contributed by atoms with E-state index in [4.69, 9.17) is 8.83 Å². The predicted molar refractivity (Wildman–Crippen MR) is 131 cm³/mol. The highest BCUT2D eigenvalue weighted by Crippen LogP contribution is 2.39. The molecule has 0 aliphatic rings. The van der Waals surface area contributed by atoms with Crippen LogP contribution in [0.15, 0.2) is 88.0 Å². The lowest BCUT2D eigenvalue weighted by Gasteiger charge is -2.14. The van der Waals surface area contributed by atoms with Gasteiger partial charge in [0.2, 0.25) is 0 Å². The molecular formula is C28H19N3O2. The van der Waals surface area contributed by atoms with Crippen molar-refractivity contribution >= 4 is 43.9 Å². The van der Waals surface area contributed by atoms with Gasteiger partial charge in [0.25, 0.3) is 0 Å². The van der Waals surface area contributed by atoms with E-state index in [9.17, 15) is 0 Å². The van der Waals surface area contributed by atoms with Crippen LogP contribution in [0.1, 0.15) is 11.1 Å². The molecule has 0 aliphatic heterocycles. The van der Waals surface area contributed by atoms with Crippen molar-refractivity contribution in [2.75, 3.05) is 0 Å². The predicted octanol–water partition coefficient (Wildman–Crippen LogP) is 7.35. The van der Waals surface area contributed by atoms with Crippen molar-refractivity contribution in [1.29, 1.82) is 0 Å². The van der Waals surface area contributed by atoms with Crippen molar-refractivity contribution in [3.63, 3.8) is 0 Å². The van der Waals surface area contributed by atoms with Gasteiger partial charge in [-0.25, -0.2) is 0 Å². The second kappa shape index (κ2) is 6.56. The zero-order valence-corrected chi connectivity index (χ0v) is 18.2. The summed E-state index contributed by atoms with van der Waals surface area (Å²) in [5, 5.41) is 13.2. The Hall–Kier alpha value is -4.38. The fourth-order valence-corrected chi connectivity index (χ4v) is 5.05. The molecule has 158 valence electrons.